The molecule has 5 heteroatoms. The Bertz CT molecular complexity index is 319. The molecule has 1 aliphatic carbocycles. The largest absolute Gasteiger partial charge is 0.511 e. The second kappa shape index (κ2) is 2.75. The van der Waals surface area contributed by atoms with Crippen LogP contribution in [0.4, 0.5) is 12.9 Å². The van der Waals surface area contributed by atoms with E-state index < -0.39 is 12.4 Å². The predicted octanol–water partition coefficient (Wildman–Crippen LogP) is 2.01. The molecule has 0 radical (unpaired) electrons. The van der Waals surface area contributed by atoms with Gasteiger partial charge in [-0.25, -0.2) is 0 Å². The zero-order valence-corrected chi connectivity index (χ0v) is 6.88. The first-order valence-electron chi connectivity index (χ1n) is 4.24. The molecule has 2 rings (SSSR count). The van der Waals surface area contributed by atoms with Crippen molar-refractivity contribution in [1.82, 2.24) is 4.98 Å². The van der Waals surface area contributed by atoms with E-state index >= 15 is 0 Å². The Kier molecular flexibility index (Phi) is 1.82. The molecule has 1 nitrogen and oxygen atoms in total. The summed E-state index contributed by atoms with van der Waals surface area (Å²) in [7, 11) is 0. The van der Waals surface area contributed by atoms with Crippen molar-refractivity contribution in [2.24, 2.45) is 0 Å². The summed E-state index contributed by atoms with van der Waals surface area (Å²) in [6, 6.07) is 2.47. The summed E-state index contributed by atoms with van der Waals surface area (Å²) < 4.78 is 37.4. The van der Waals surface area contributed by atoms with Gasteiger partial charge in [0.1, 0.15) is 0 Å². The minimum absolute atomic E-state index is 0.0553. The molecule has 0 aliphatic heterocycles. The minimum Gasteiger partial charge on any atom is -0.445 e. The van der Waals surface area contributed by atoms with Gasteiger partial charge < -0.3 is 12.9 Å². The third-order valence-electron chi connectivity index (χ3n) is 2.19. The van der Waals surface area contributed by atoms with Gasteiger partial charge in [-0.2, -0.15) is 0 Å². The van der Waals surface area contributed by atoms with Gasteiger partial charge in [0.15, 0.2) is 0 Å². The van der Waals surface area contributed by atoms with E-state index in [4.69, 9.17) is 0 Å². The van der Waals surface area contributed by atoms with Crippen LogP contribution in [0.25, 0.3) is 0 Å². The third kappa shape index (κ3) is 1.69. The molecule has 13 heavy (non-hydrogen) atoms. The zero-order valence-electron chi connectivity index (χ0n) is 6.88. The van der Waals surface area contributed by atoms with Crippen molar-refractivity contribution in [3.05, 3.63) is 24.0 Å². The van der Waals surface area contributed by atoms with Crippen LogP contribution in [0.15, 0.2) is 18.3 Å². The smallest absolute Gasteiger partial charge is 0.445 e. The fourth-order valence-electron chi connectivity index (χ4n) is 1.40. The average molecular weight is 186 g/mol. The first-order valence-corrected chi connectivity index (χ1v) is 4.24. The van der Waals surface area contributed by atoms with Crippen molar-refractivity contribution in [2.45, 2.75) is 18.8 Å². The van der Waals surface area contributed by atoms with E-state index in [0.717, 1.165) is 18.9 Å². The van der Waals surface area contributed by atoms with Crippen molar-refractivity contribution >= 4 is 12.4 Å². The summed E-state index contributed by atoms with van der Waals surface area (Å²) in [6.45, 7) is -4.89. The Balaban J connectivity index is 2.43. The molecule has 1 aromatic rings. The third-order valence-corrected chi connectivity index (χ3v) is 2.19. The van der Waals surface area contributed by atoms with Gasteiger partial charge in [0, 0.05) is 11.9 Å². The molecule has 0 N–H and O–H groups in total. The fourth-order valence-corrected chi connectivity index (χ4v) is 1.40. The van der Waals surface area contributed by atoms with Crippen LogP contribution in [0.2, 0.25) is 0 Å². The number of pyridine rings is 1. The lowest BCUT2D eigenvalue weighted by Gasteiger charge is -2.17. The van der Waals surface area contributed by atoms with Gasteiger partial charge in [-0.3, -0.25) is 4.98 Å². The Morgan fingerprint density at radius 1 is 1.31 bits per heavy atom. The number of rotatable bonds is 2. The highest BCUT2D eigenvalue weighted by Gasteiger charge is 2.34. The van der Waals surface area contributed by atoms with Crippen LogP contribution in [0.1, 0.15) is 24.5 Å². The van der Waals surface area contributed by atoms with Crippen LogP contribution >= 0.6 is 0 Å². The summed E-state index contributed by atoms with van der Waals surface area (Å²) >= 11 is 0. The Hall–Kier alpha value is -0.995. The molecule has 70 valence electrons. The molecule has 1 heterocycles. The van der Waals surface area contributed by atoms with Crippen molar-refractivity contribution < 1.29 is 12.9 Å². The monoisotopic (exact) mass is 186 g/mol. The van der Waals surface area contributed by atoms with E-state index in [1.54, 1.807) is 0 Å². The summed E-state index contributed by atoms with van der Waals surface area (Å²) in [5.74, 6) is 0.0553. The molecule has 0 saturated heterocycles. The lowest BCUT2D eigenvalue weighted by molar-refractivity contribution is 0.499. The fraction of sp³-hybridized carbons (Fsp3) is 0.375. The van der Waals surface area contributed by atoms with E-state index in [1.165, 1.54) is 12.3 Å². The zero-order chi connectivity index (χ0) is 9.47. The number of halogens is 3. The van der Waals surface area contributed by atoms with Gasteiger partial charge in [-0.05, 0) is 24.8 Å². The van der Waals surface area contributed by atoms with Crippen LogP contribution in [0.5, 0.6) is 0 Å². The first-order chi connectivity index (χ1) is 6.09. The molecule has 1 saturated carbocycles. The van der Waals surface area contributed by atoms with E-state index in [0.29, 0.717) is 0 Å². The topological polar surface area (TPSA) is 12.9 Å². The van der Waals surface area contributed by atoms with Crippen molar-refractivity contribution in [3.63, 3.8) is 0 Å². The molecule has 0 bridgehead atoms. The number of hydrogen-bond donors (Lipinski definition) is 0. The van der Waals surface area contributed by atoms with Crippen molar-refractivity contribution in [1.29, 1.82) is 0 Å². The lowest BCUT2D eigenvalue weighted by Crippen LogP contribution is -2.37. The van der Waals surface area contributed by atoms with Crippen molar-refractivity contribution in [3.8, 4) is 0 Å². The maximum absolute atomic E-state index is 12.5. The average Bonchev–Trinajstić information content (AvgIpc) is 2.85. The highest BCUT2D eigenvalue weighted by atomic mass is 19.4. The Morgan fingerprint density at radius 2 is 2.00 bits per heavy atom. The van der Waals surface area contributed by atoms with E-state index in [9.17, 15) is 12.9 Å². The van der Waals surface area contributed by atoms with Gasteiger partial charge in [0.25, 0.3) is 0 Å². The predicted molar refractivity (Wildman–Crippen MR) is 44.9 cm³/mol. The molecule has 1 aromatic heterocycles. The Labute approximate surface area is 74.0 Å². The molecule has 0 atom stereocenters. The Morgan fingerprint density at radius 3 is 2.54 bits per heavy atom. The normalized spacial score (nSPS) is 17.5. The van der Waals surface area contributed by atoms with Gasteiger partial charge in [-0.15, -0.1) is 0 Å². The van der Waals surface area contributed by atoms with Crippen LogP contribution < -0.4 is 5.46 Å². The van der Waals surface area contributed by atoms with Crippen LogP contribution in [-0.4, -0.2) is 12.0 Å². The van der Waals surface area contributed by atoms with Crippen LogP contribution in [0.3, 0.4) is 0 Å². The summed E-state index contributed by atoms with van der Waals surface area (Å²) in [4.78, 5) is 3.80. The van der Waals surface area contributed by atoms with Crippen LogP contribution in [0, 0.1) is 0 Å². The van der Waals surface area contributed by atoms with Gasteiger partial charge in [0.05, 0.1) is 0 Å². The van der Waals surface area contributed by atoms with E-state index in [1.807, 2.05) is 0 Å². The summed E-state index contributed by atoms with van der Waals surface area (Å²) in [5.41, 5.74) is -0.264. The molecule has 0 aromatic carbocycles. The van der Waals surface area contributed by atoms with Gasteiger partial charge in [-0.1, -0.05) is 11.5 Å². The maximum Gasteiger partial charge on any atom is 0.511 e. The molecular weight excluding hydrogens is 178 g/mol. The second-order valence-electron chi connectivity index (χ2n) is 3.33. The minimum atomic E-state index is -4.89. The molecular formula is C8H8BF3N-. The van der Waals surface area contributed by atoms with Crippen molar-refractivity contribution in [2.75, 3.05) is 0 Å². The van der Waals surface area contributed by atoms with Crippen LogP contribution in [-0.2, 0) is 0 Å². The maximum atomic E-state index is 12.5. The number of hydrogen-bond acceptors (Lipinski definition) is 1. The molecule has 0 spiro atoms. The molecule has 1 aliphatic rings. The van der Waals surface area contributed by atoms with Gasteiger partial charge in [0.2, 0.25) is 0 Å². The quantitative estimate of drug-likeness (QED) is 0.643. The molecule has 1 fully saturated rings. The van der Waals surface area contributed by atoms with Gasteiger partial charge >= 0.3 is 6.98 Å². The SMILES string of the molecule is F[B-](F)(F)c1cccnc1C1CC1. The summed E-state index contributed by atoms with van der Waals surface area (Å²) in [5, 5.41) is 0. The number of nitrogens with zero attached hydrogens (tertiary/aromatic N) is 1. The second-order valence-corrected chi connectivity index (χ2v) is 3.33. The van der Waals surface area contributed by atoms with E-state index in [-0.39, 0.29) is 11.6 Å². The standard InChI is InChI=1S/C8H8BF3N/c10-9(11,12)7-2-1-5-13-8(7)6-3-4-6/h1-2,5-6H,3-4H2/q-1. The van der Waals surface area contributed by atoms with E-state index in [2.05, 4.69) is 4.98 Å². The highest BCUT2D eigenvalue weighted by molar-refractivity contribution is 6.73. The lowest BCUT2D eigenvalue weighted by atomic mass is 9.78. The number of aromatic nitrogens is 1. The highest BCUT2D eigenvalue weighted by Crippen LogP contribution is 2.38. The molecule has 0 amide bonds. The summed E-state index contributed by atoms with van der Waals surface area (Å²) in [6.07, 6.45) is 3.12. The first kappa shape index (κ1) is 8.60. The molecule has 0 unspecified atom stereocenters.